The summed E-state index contributed by atoms with van der Waals surface area (Å²) < 4.78 is 0. The third-order valence-electron chi connectivity index (χ3n) is 4.19. The molecule has 1 aromatic carbocycles. The van der Waals surface area contributed by atoms with Gasteiger partial charge in [-0.15, -0.1) is 0 Å². The highest BCUT2D eigenvalue weighted by Gasteiger charge is 2.32. The fourth-order valence-electron chi connectivity index (χ4n) is 3.06. The van der Waals surface area contributed by atoms with Crippen LogP contribution < -0.4 is 4.90 Å². The van der Waals surface area contributed by atoms with Gasteiger partial charge in [-0.2, -0.15) is 5.26 Å². The molecule has 1 fully saturated rings. The average molecular weight is 273 g/mol. The highest BCUT2D eigenvalue weighted by atomic mass is 16.3. The number of anilines is 1. The summed E-state index contributed by atoms with van der Waals surface area (Å²) in [6.07, 6.45) is -0.522. The number of benzene rings is 1. The Bertz CT molecular complexity index is 519. The fraction of sp³-hybridized carbons (Fsp3) is 0.562. The second-order valence-electron chi connectivity index (χ2n) is 5.97. The van der Waals surface area contributed by atoms with E-state index in [9.17, 15) is 5.11 Å². The Balaban J connectivity index is 2.35. The van der Waals surface area contributed by atoms with Crippen LogP contribution in [0, 0.1) is 17.2 Å². The third kappa shape index (κ3) is 2.79. The summed E-state index contributed by atoms with van der Waals surface area (Å²) in [4.78, 5) is 4.54. The molecule has 3 atom stereocenters. The van der Waals surface area contributed by atoms with E-state index in [-0.39, 0.29) is 0 Å². The summed E-state index contributed by atoms with van der Waals surface area (Å²) in [5.74, 6) is 0.567. The molecule has 0 aliphatic carbocycles. The van der Waals surface area contributed by atoms with Crippen molar-refractivity contribution in [3.05, 3.63) is 29.3 Å². The Morgan fingerprint density at radius 2 is 2.10 bits per heavy atom. The van der Waals surface area contributed by atoms with Gasteiger partial charge in [-0.05, 0) is 39.1 Å². The maximum Gasteiger partial charge on any atom is 0.0992 e. The van der Waals surface area contributed by atoms with Gasteiger partial charge in [-0.1, -0.05) is 13.0 Å². The zero-order valence-electron chi connectivity index (χ0n) is 12.7. The van der Waals surface area contributed by atoms with E-state index in [4.69, 9.17) is 5.26 Å². The molecule has 1 aliphatic heterocycles. The molecule has 1 heterocycles. The summed E-state index contributed by atoms with van der Waals surface area (Å²) in [6, 6.07) is 8.22. The molecular formula is C16H23N3O. The average Bonchev–Trinajstić information content (AvgIpc) is 2.80. The van der Waals surface area contributed by atoms with Crippen LogP contribution >= 0.6 is 0 Å². The number of aliphatic hydroxyl groups is 1. The number of nitriles is 1. The lowest BCUT2D eigenvalue weighted by molar-refractivity contribution is 0.199. The smallest absolute Gasteiger partial charge is 0.0992 e. The van der Waals surface area contributed by atoms with Crippen LogP contribution in [-0.4, -0.2) is 43.2 Å². The first kappa shape index (κ1) is 14.8. The Morgan fingerprint density at radius 1 is 1.40 bits per heavy atom. The van der Waals surface area contributed by atoms with E-state index in [1.54, 1.807) is 13.0 Å². The molecule has 0 spiro atoms. The summed E-state index contributed by atoms with van der Waals surface area (Å²) in [5, 5.41) is 19.0. The minimum Gasteiger partial charge on any atom is -0.389 e. The summed E-state index contributed by atoms with van der Waals surface area (Å²) in [6.45, 7) is 5.91. The van der Waals surface area contributed by atoms with Crippen LogP contribution in [0.3, 0.4) is 0 Å². The number of rotatable bonds is 3. The lowest BCUT2D eigenvalue weighted by atomic mass is 10.0. The van der Waals surface area contributed by atoms with E-state index in [0.29, 0.717) is 17.5 Å². The summed E-state index contributed by atoms with van der Waals surface area (Å²) in [7, 11) is 4.21. The van der Waals surface area contributed by atoms with Crippen molar-refractivity contribution in [2.24, 2.45) is 5.92 Å². The molecule has 0 aromatic heterocycles. The monoisotopic (exact) mass is 273 g/mol. The Hall–Kier alpha value is -1.57. The van der Waals surface area contributed by atoms with E-state index < -0.39 is 6.10 Å². The molecule has 1 N–H and O–H groups in total. The van der Waals surface area contributed by atoms with Gasteiger partial charge in [-0.3, -0.25) is 0 Å². The van der Waals surface area contributed by atoms with Gasteiger partial charge in [0.15, 0.2) is 0 Å². The van der Waals surface area contributed by atoms with Crippen molar-refractivity contribution >= 4 is 5.69 Å². The normalized spacial score (nSPS) is 23.9. The van der Waals surface area contributed by atoms with Gasteiger partial charge in [0.1, 0.15) is 0 Å². The van der Waals surface area contributed by atoms with Gasteiger partial charge in [0.05, 0.1) is 17.7 Å². The number of hydrogen-bond donors (Lipinski definition) is 1. The maximum absolute atomic E-state index is 9.95. The molecule has 1 saturated heterocycles. The van der Waals surface area contributed by atoms with Gasteiger partial charge in [0.25, 0.3) is 0 Å². The molecule has 108 valence electrons. The molecule has 0 radical (unpaired) electrons. The first-order chi connectivity index (χ1) is 9.43. The molecule has 4 heteroatoms. The topological polar surface area (TPSA) is 50.5 Å². The lowest BCUT2D eigenvalue weighted by Gasteiger charge is -2.25. The number of nitrogens with zero attached hydrogens (tertiary/aromatic N) is 3. The van der Waals surface area contributed by atoms with Crippen LogP contribution in [0.5, 0.6) is 0 Å². The van der Waals surface area contributed by atoms with Crippen molar-refractivity contribution in [2.45, 2.75) is 26.0 Å². The van der Waals surface area contributed by atoms with Crippen LogP contribution in [0.2, 0.25) is 0 Å². The maximum atomic E-state index is 9.95. The Morgan fingerprint density at radius 3 is 2.60 bits per heavy atom. The van der Waals surface area contributed by atoms with Crippen LogP contribution in [0.15, 0.2) is 18.2 Å². The van der Waals surface area contributed by atoms with Crippen molar-refractivity contribution in [3.8, 4) is 6.07 Å². The lowest BCUT2D eigenvalue weighted by Crippen LogP contribution is -2.34. The molecule has 2 unspecified atom stereocenters. The van der Waals surface area contributed by atoms with E-state index in [0.717, 1.165) is 24.3 Å². The van der Waals surface area contributed by atoms with Crippen molar-refractivity contribution in [1.29, 1.82) is 5.26 Å². The van der Waals surface area contributed by atoms with Crippen LogP contribution in [0.1, 0.15) is 31.1 Å². The number of hydrogen-bond acceptors (Lipinski definition) is 4. The second kappa shape index (κ2) is 5.82. The zero-order valence-corrected chi connectivity index (χ0v) is 12.7. The molecule has 20 heavy (non-hydrogen) atoms. The highest BCUT2D eigenvalue weighted by Crippen LogP contribution is 2.32. The second-order valence-corrected chi connectivity index (χ2v) is 5.97. The van der Waals surface area contributed by atoms with Crippen LogP contribution in [-0.2, 0) is 0 Å². The Kier molecular flexibility index (Phi) is 4.32. The van der Waals surface area contributed by atoms with Gasteiger partial charge >= 0.3 is 0 Å². The summed E-state index contributed by atoms with van der Waals surface area (Å²) in [5.41, 5.74) is 2.54. The zero-order chi connectivity index (χ0) is 14.9. The molecule has 1 aromatic rings. The van der Waals surface area contributed by atoms with Crippen molar-refractivity contribution < 1.29 is 5.11 Å². The molecule has 1 aliphatic rings. The number of likely N-dealkylation sites (N-methyl/N-ethyl adjacent to an activating group) is 1. The van der Waals surface area contributed by atoms with Crippen LogP contribution in [0.4, 0.5) is 5.69 Å². The molecule has 0 bridgehead atoms. The molecule has 0 amide bonds. The van der Waals surface area contributed by atoms with Gasteiger partial charge in [0, 0.05) is 30.4 Å². The van der Waals surface area contributed by atoms with Gasteiger partial charge in [-0.25, -0.2) is 0 Å². The minimum atomic E-state index is -0.522. The van der Waals surface area contributed by atoms with Gasteiger partial charge in [0.2, 0.25) is 0 Å². The highest BCUT2D eigenvalue weighted by molar-refractivity contribution is 5.59. The van der Waals surface area contributed by atoms with E-state index in [1.165, 1.54) is 0 Å². The van der Waals surface area contributed by atoms with E-state index in [2.05, 4.69) is 36.9 Å². The standard InChI is InChI=1S/C16H23N3O/c1-11-9-19(10-16(11)18(3)4)15-7-13(8-17)5-6-14(15)12(2)20/h5-7,11-12,16,20H,9-10H2,1-4H3/t11?,12-,16?/m1/s1. The van der Waals surface area contributed by atoms with Crippen molar-refractivity contribution in [1.82, 2.24) is 4.90 Å². The fourth-order valence-corrected chi connectivity index (χ4v) is 3.06. The molecule has 2 rings (SSSR count). The quantitative estimate of drug-likeness (QED) is 0.915. The SMILES string of the molecule is CC1CN(c2cc(C#N)ccc2[C@@H](C)O)CC1N(C)C. The van der Waals surface area contributed by atoms with Crippen molar-refractivity contribution in [2.75, 3.05) is 32.1 Å². The van der Waals surface area contributed by atoms with E-state index >= 15 is 0 Å². The summed E-state index contributed by atoms with van der Waals surface area (Å²) >= 11 is 0. The molecule has 4 nitrogen and oxygen atoms in total. The minimum absolute atomic E-state index is 0.502. The predicted octanol–water partition coefficient (Wildman–Crippen LogP) is 2.00. The van der Waals surface area contributed by atoms with Crippen LogP contribution in [0.25, 0.3) is 0 Å². The predicted molar refractivity (Wildman–Crippen MR) is 80.6 cm³/mol. The first-order valence-corrected chi connectivity index (χ1v) is 7.07. The third-order valence-corrected chi connectivity index (χ3v) is 4.19. The van der Waals surface area contributed by atoms with E-state index in [1.807, 2.05) is 12.1 Å². The largest absolute Gasteiger partial charge is 0.389 e. The molecular weight excluding hydrogens is 250 g/mol. The number of aliphatic hydroxyl groups excluding tert-OH is 1. The Labute approximate surface area is 121 Å². The first-order valence-electron chi connectivity index (χ1n) is 7.07. The van der Waals surface area contributed by atoms with Gasteiger partial charge < -0.3 is 14.9 Å². The van der Waals surface area contributed by atoms with Crippen molar-refractivity contribution in [3.63, 3.8) is 0 Å². The molecule has 0 saturated carbocycles.